The Hall–Kier alpha value is -2.08. The van der Waals surface area contributed by atoms with Crippen molar-refractivity contribution in [3.8, 4) is 5.75 Å². The Balaban J connectivity index is 2.15. The molecule has 1 heterocycles. The van der Waals surface area contributed by atoms with Gasteiger partial charge in [-0.2, -0.15) is 5.10 Å². The van der Waals surface area contributed by atoms with Gasteiger partial charge in [0, 0.05) is 6.54 Å². The molecule has 0 aliphatic carbocycles. The van der Waals surface area contributed by atoms with Gasteiger partial charge in [-0.05, 0) is 50.2 Å². The summed E-state index contributed by atoms with van der Waals surface area (Å²) in [7, 11) is 1.68. The first kappa shape index (κ1) is 17.3. The quantitative estimate of drug-likeness (QED) is 0.795. The van der Waals surface area contributed by atoms with Crippen LogP contribution in [0.4, 0.5) is 5.69 Å². The molecular weight excluding hydrogens is 308 g/mol. The smallest absolute Gasteiger partial charge is 0.170 e. The van der Waals surface area contributed by atoms with E-state index < -0.39 is 0 Å². The highest BCUT2D eigenvalue weighted by Crippen LogP contribution is 2.21. The lowest BCUT2D eigenvalue weighted by atomic mass is 10.2. The molecule has 5 nitrogen and oxygen atoms in total. The molecule has 0 bridgehead atoms. The summed E-state index contributed by atoms with van der Waals surface area (Å²) in [6.07, 6.45) is 1.04. The summed E-state index contributed by atoms with van der Waals surface area (Å²) in [4.78, 5) is 0. The number of aromatic nitrogens is 2. The Morgan fingerprint density at radius 1 is 1.35 bits per heavy atom. The maximum absolute atomic E-state index is 5.32. The van der Waals surface area contributed by atoms with Crippen molar-refractivity contribution in [1.29, 1.82) is 0 Å². The van der Waals surface area contributed by atoms with Crippen LogP contribution in [0.25, 0.3) is 0 Å². The van der Waals surface area contributed by atoms with Gasteiger partial charge in [-0.1, -0.05) is 19.1 Å². The molecule has 0 fully saturated rings. The van der Waals surface area contributed by atoms with Gasteiger partial charge < -0.3 is 15.4 Å². The van der Waals surface area contributed by atoms with Crippen LogP contribution in [0.1, 0.15) is 30.3 Å². The number of methoxy groups -OCH3 is 1. The van der Waals surface area contributed by atoms with Crippen molar-refractivity contribution in [2.24, 2.45) is 0 Å². The maximum Gasteiger partial charge on any atom is 0.170 e. The molecule has 0 saturated carbocycles. The van der Waals surface area contributed by atoms with Crippen LogP contribution in [-0.4, -0.2) is 28.5 Å². The van der Waals surface area contributed by atoms with E-state index in [0.717, 1.165) is 41.4 Å². The van der Waals surface area contributed by atoms with Gasteiger partial charge in [0.1, 0.15) is 5.75 Å². The number of benzene rings is 1. The molecule has 23 heavy (non-hydrogen) atoms. The number of rotatable bonds is 6. The minimum Gasteiger partial charge on any atom is -0.497 e. The molecule has 124 valence electrons. The fourth-order valence-corrected chi connectivity index (χ4v) is 2.58. The normalized spacial score (nSPS) is 10.4. The number of ether oxygens (including phenoxy) is 1. The van der Waals surface area contributed by atoms with Crippen molar-refractivity contribution in [2.75, 3.05) is 19.0 Å². The standard InChI is InChI=1S/C17H24N4OS/c1-5-9-18-17(23)19-16-12(2)20-21(13(16)3)11-14-7-6-8-15(10-14)22-4/h6-8,10H,5,9,11H2,1-4H3,(H2,18,19,23). The van der Waals surface area contributed by atoms with E-state index in [1.54, 1.807) is 7.11 Å². The van der Waals surface area contributed by atoms with Crippen molar-refractivity contribution < 1.29 is 4.74 Å². The fourth-order valence-electron chi connectivity index (χ4n) is 2.37. The summed E-state index contributed by atoms with van der Waals surface area (Å²) < 4.78 is 7.26. The van der Waals surface area contributed by atoms with Gasteiger partial charge in [-0.15, -0.1) is 0 Å². The van der Waals surface area contributed by atoms with E-state index in [1.807, 2.05) is 36.7 Å². The van der Waals surface area contributed by atoms with Crippen LogP contribution in [0.3, 0.4) is 0 Å². The predicted molar refractivity (Wildman–Crippen MR) is 98.3 cm³/mol. The summed E-state index contributed by atoms with van der Waals surface area (Å²) in [6.45, 7) is 7.70. The van der Waals surface area contributed by atoms with E-state index in [9.17, 15) is 0 Å². The number of aryl methyl sites for hydroxylation is 1. The van der Waals surface area contributed by atoms with Gasteiger partial charge in [0.05, 0.1) is 30.7 Å². The molecule has 0 unspecified atom stereocenters. The Kier molecular flexibility index (Phi) is 5.98. The van der Waals surface area contributed by atoms with Crippen molar-refractivity contribution in [3.05, 3.63) is 41.2 Å². The zero-order chi connectivity index (χ0) is 16.8. The van der Waals surface area contributed by atoms with Gasteiger partial charge in [0.25, 0.3) is 0 Å². The summed E-state index contributed by atoms with van der Waals surface area (Å²) >= 11 is 5.32. The minimum absolute atomic E-state index is 0.638. The fraction of sp³-hybridized carbons (Fsp3) is 0.412. The zero-order valence-electron chi connectivity index (χ0n) is 14.1. The first-order chi connectivity index (χ1) is 11.0. The van der Waals surface area contributed by atoms with Crippen LogP contribution in [0.15, 0.2) is 24.3 Å². The van der Waals surface area contributed by atoms with Crippen LogP contribution < -0.4 is 15.4 Å². The summed E-state index contributed by atoms with van der Waals surface area (Å²) in [5.41, 5.74) is 4.12. The number of hydrogen-bond acceptors (Lipinski definition) is 3. The monoisotopic (exact) mass is 332 g/mol. The van der Waals surface area contributed by atoms with Crippen LogP contribution in [-0.2, 0) is 6.54 Å². The Labute approximate surface area is 143 Å². The first-order valence-corrected chi connectivity index (χ1v) is 8.17. The molecule has 0 aliphatic rings. The molecule has 0 spiro atoms. The van der Waals surface area contributed by atoms with Gasteiger partial charge in [-0.3, -0.25) is 4.68 Å². The highest BCUT2D eigenvalue weighted by molar-refractivity contribution is 7.80. The van der Waals surface area contributed by atoms with E-state index in [-0.39, 0.29) is 0 Å². The van der Waals surface area contributed by atoms with Crippen LogP contribution >= 0.6 is 12.2 Å². The molecule has 0 amide bonds. The molecule has 0 saturated heterocycles. The van der Waals surface area contributed by atoms with Crippen molar-refractivity contribution in [2.45, 2.75) is 33.7 Å². The largest absolute Gasteiger partial charge is 0.497 e. The second kappa shape index (κ2) is 7.97. The van der Waals surface area contributed by atoms with E-state index in [1.165, 1.54) is 0 Å². The van der Waals surface area contributed by atoms with Crippen LogP contribution in [0, 0.1) is 13.8 Å². The number of hydrogen-bond donors (Lipinski definition) is 2. The molecule has 1 aromatic carbocycles. The number of nitrogens with one attached hydrogen (secondary N) is 2. The average Bonchev–Trinajstić information content (AvgIpc) is 2.80. The maximum atomic E-state index is 5.32. The predicted octanol–water partition coefficient (Wildman–Crippen LogP) is 3.25. The second-order valence-corrected chi connectivity index (χ2v) is 5.84. The minimum atomic E-state index is 0.638. The Morgan fingerprint density at radius 2 is 2.13 bits per heavy atom. The number of anilines is 1. The molecule has 2 aromatic rings. The van der Waals surface area contributed by atoms with Crippen molar-refractivity contribution in [1.82, 2.24) is 15.1 Å². The SMILES string of the molecule is CCCNC(=S)Nc1c(C)nn(Cc2cccc(OC)c2)c1C. The van der Waals surface area contributed by atoms with E-state index in [2.05, 4.69) is 28.7 Å². The molecule has 6 heteroatoms. The van der Waals surface area contributed by atoms with Gasteiger partial charge in [-0.25, -0.2) is 0 Å². The number of nitrogens with zero attached hydrogens (tertiary/aromatic N) is 2. The topological polar surface area (TPSA) is 51.1 Å². The highest BCUT2D eigenvalue weighted by atomic mass is 32.1. The van der Waals surface area contributed by atoms with Gasteiger partial charge in [0.2, 0.25) is 0 Å². The molecule has 2 N–H and O–H groups in total. The van der Waals surface area contributed by atoms with Crippen molar-refractivity contribution >= 4 is 23.0 Å². The van der Waals surface area contributed by atoms with E-state index in [0.29, 0.717) is 11.7 Å². The third-order valence-corrected chi connectivity index (χ3v) is 3.87. The van der Waals surface area contributed by atoms with Crippen LogP contribution in [0.5, 0.6) is 5.75 Å². The molecule has 1 aromatic heterocycles. The average molecular weight is 332 g/mol. The lowest BCUT2D eigenvalue weighted by molar-refractivity contribution is 0.414. The summed E-state index contributed by atoms with van der Waals surface area (Å²) in [5, 5.41) is 11.7. The second-order valence-electron chi connectivity index (χ2n) is 5.44. The molecule has 0 aliphatic heterocycles. The first-order valence-electron chi connectivity index (χ1n) is 7.77. The lowest BCUT2D eigenvalue weighted by Crippen LogP contribution is -2.29. The van der Waals surface area contributed by atoms with Crippen molar-refractivity contribution in [3.63, 3.8) is 0 Å². The molecule has 0 atom stereocenters. The zero-order valence-corrected chi connectivity index (χ0v) is 15.0. The van der Waals surface area contributed by atoms with E-state index >= 15 is 0 Å². The summed E-state index contributed by atoms with van der Waals surface area (Å²) in [6, 6.07) is 8.02. The van der Waals surface area contributed by atoms with Crippen LogP contribution in [0.2, 0.25) is 0 Å². The Bertz CT molecular complexity index is 681. The van der Waals surface area contributed by atoms with Gasteiger partial charge in [0.15, 0.2) is 5.11 Å². The molecule has 0 radical (unpaired) electrons. The van der Waals surface area contributed by atoms with E-state index in [4.69, 9.17) is 17.0 Å². The molecule has 2 rings (SSSR count). The summed E-state index contributed by atoms with van der Waals surface area (Å²) in [5.74, 6) is 0.854. The third-order valence-electron chi connectivity index (χ3n) is 3.62. The molecular formula is C17H24N4OS. The number of thiocarbonyl (C=S) groups is 1. The van der Waals surface area contributed by atoms with Gasteiger partial charge >= 0.3 is 0 Å². The Morgan fingerprint density at radius 3 is 2.83 bits per heavy atom. The lowest BCUT2D eigenvalue weighted by Gasteiger charge is -2.10. The third kappa shape index (κ3) is 4.45. The highest BCUT2D eigenvalue weighted by Gasteiger charge is 2.13.